The number of amides is 1. The van der Waals surface area contributed by atoms with Crippen molar-refractivity contribution in [2.45, 2.75) is 19.1 Å². The van der Waals surface area contributed by atoms with Crippen molar-refractivity contribution < 1.29 is 33.8 Å². The molecule has 3 rings (SSSR count). The zero-order valence-electron chi connectivity index (χ0n) is 18.2. The highest BCUT2D eigenvalue weighted by Crippen LogP contribution is 2.18. The molecule has 0 radical (unpaired) electrons. The zero-order chi connectivity index (χ0) is 25.5. The summed E-state index contributed by atoms with van der Waals surface area (Å²) in [6.07, 6.45) is -4.17. The van der Waals surface area contributed by atoms with E-state index < -0.39 is 36.0 Å². The summed E-state index contributed by atoms with van der Waals surface area (Å²) in [6, 6.07) is 17.6. The van der Waals surface area contributed by atoms with Gasteiger partial charge >= 0.3 is 17.9 Å². The summed E-state index contributed by atoms with van der Waals surface area (Å²) in [4.78, 5) is 50.4. The molecule has 0 saturated carbocycles. The number of anilines is 1. The molecular formula is C25H19Cl2NO7. The number of halogens is 2. The maximum Gasteiger partial charge on any atom is 0.349 e. The molecule has 0 aromatic heterocycles. The van der Waals surface area contributed by atoms with Gasteiger partial charge in [0.2, 0.25) is 12.2 Å². The molecule has 180 valence electrons. The van der Waals surface area contributed by atoms with Gasteiger partial charge in [0, 0.05) is 15.7 Å². The predicted octanol–water partition coefficient (Wildman–Crippen LogP) is 4.78. The van der Waals surface area contributed by atoms with Crippen LogP contribution in [0.1, 0.15) is 26.3 Å². The van der Waals surface area contributed by atoms with Gasteiger partial charge in [0.15, 0.2) is 0 Å². The minimum Gasteiger partial charge on any atom is -0.478 e. The molecule has 2 N–H and O–H groups in total. The van der Waals surface area contributed by atoms with E-state index in [4.69, 9.17) is 32.7 Å². The highest BCUT2D eigenvalue weighted by Gasteiger charge is 2.41. The minimum atomic E-state index is -2.15. The van der Waals surface area contributed by atoms with E-state index in [0.29, 0.717) is 15.7 Å². The Bertz CT molecular complexity index is 1230. The van der Waals surface area contributed by atoms with Crippen molar-refractivity contribution in [2.24, 2.45) is 0 Å². The Morgan fingerprint density at radius 1 is 0.714 bits per heavy atom. The van der Waals surface area contributed by atoms with Crippen LogP contribution in [0.3, 0.4) is 0 Å². The second-order valence-corrected chi connectivity index (χ2v) is 8.23. The average molecular weight is 516 g/mol. The number of rotatable bonds is 8. The van der Waals surface area contributed by atoms with E-state index in [1.807, 2.05) is 6.92 Å². The highest BCUT2D eigenvalue weighted by atomic mass is 35.5. The second kappa shape index (κ2) is 11.5. The lowest BCUT2D eigenvalue weighted by Crippen LogP contribution is -2.48. The molecular weight excluding hydrogens is 497 g/mol. The number of aliphatic carboxylic acids is 1. The summed E-state index contributed by atoms with van der Waals surface area (Å²) in [7, 11) is 0. The van der Waals surface area contributed by atoms with Crippen LogP contribution < -0.4 is 5.32 Å². The quantitative estimate of drug-likeness (QED) is 0.414. The van der Waals surface area contributed by atoms with Gasteiger partial charge in [-0.3, -0.25) is 4.79 Å². The molecule has 3 aromatic rings. The number of carbonyl (C=O) groups excluding carboxylic acids is 3. The Kier molecular flexibility index (Phi) is 8.46. The van der Waals surface area contributed by atoms with Crippen molar-refractivity contribution in [3.05, 3.63) is 99.5 Å². The number of carbonyl (C=O) groups is 4. The number of hydrogen-bond acceptors (Lipinski definition) is 6. The standard InChI is InChI=1S/C25H19Cl2NO7/c1-14-2-12-19(13-3-14)28-22(29)20(34-24(32)15-4-8-17(26)9-5-15)21(23(30)31)35-25(33)16-6-10-18(27)11-7-16/h2-13,20-21H,1H3,(H,28,29)(H,30,31)/t20-,21+/m0/s1. The third-order valence-corrected chi connectivity index (χ3v) is 5.23. The Balaban J connectivity index is 1.90. The Morgan fingerprint density at radius 2 is 1.14 bits per heavy atom. The molecule has 0 aliphatic carbocycles. The van der Waals surface area contributed by atoms with Crippen LogP contribution in [0.4, 0.5) is 5.69 Å². The summed E-state index contributed by atoms with van der Waals surface area (Å²) < 4.78 is 10.3. The van der Waals surface area contributed by atoms with Crippen molar-refractivity contribution in [1.82, 2.24) is 0 Å². The summed E-state index contributed by atoms with van der Waals surface area (Å²) in [6.45, 7) is 1.85. The molecule has 3 aromatic carbocycles. The number of ether oxygens (including phenoxy) is 2. The topological polar surface area (TPSA) is 119 Å². The molecule has 0 aliphatic rings. The maximum absolute atomic E-state index is 13.0. The lowest BCUT2D eigenvalue weighted by atomic mass is 10.1. The number of benzene rings is 3. The summed E-state index contributed by atoms with van der Waals surface area (Å²) in [5.41, 5.74) is 1.24. The molecule has 0 saturated heterocycles. The van der Waals surface area contributed by atoms with Gasteiger partial charge in [-0.2, -0.15) is 0 Å². The molecule has 0 heterocycles. The Labute approximate surface area is 210 Å². The average Bonchev–Trinajstić information content (AvgIpc) is 2.83. The minimum absolute atomic E-state index is 0.00991. The monoisotopic (exact) mass is 515 g/mol. The van der Waals surface area contributed by atoms with Gasteiger partial charge in [0.25, 0.3) is 5.91 Å². The normalized spacial score (nSPS) is 12.2. The van der Waals surface area contributed by atoms with Crippen LogP contribution in [-0.2, 0) is 19.1 Å². The Morgan fingerprint density at radius 3 is 1.57 bits per heavy atom. The van der Waals surface area contributed by atoms with Crippen molar-refractivity contribution in [3.63, 3.8) is 0 Å². The number of nitrogens with one attached hydrogen (secondary N) is 1. The lowest BCUT2D eigenvalue weighted by molar-refractivity contribution is -0.157. The molecule has 0 unspecified atom stereocenters. The summed E-state index contributed by atoms with van der Waals surface area (Å²) >= 11 is 11.6. The van der Waals surface area contributed by atoms with Crippen molar-refractivity contribution >= 4 is 52.7 Å². The van der Waals surface area contributed by atoms with Crippen molar-refractivity contribution in [3.8, 4) is 0 Å². The van der Waals surface area contributed by atoms with Crippen LogP contribution in [0.25, 0.3) is 0 Å². The van der Waals surface area contributed by atoms with Gasteiger partial charge in [-0.05, 0) is 67.6 Å². The van der Waals surface area contributed by atoms with Crippen LogP contribution in [0.15, 0.2) is 72.8 Å². The third-order valence-electron chi connectivity index (χ3n) is 4.72. The zero-order valence-corrected chi connectivity index (χ0v) is 19.7. The van der Waals surface area contributed by atoms with Gasteiger partial charge in [-0.25, -0.2) is 14.4 Å². The van der Waals surface area contributed by atoms with Crippen LogP contribution in [0, 0.1) is 6.92 Å². The molecule has 8 nitrogen and oxygen atoms in total. The van der Waals surface area contributed by atoms with Gasteiger partial charge in [0.05, 0.1) is 11.1 Å². The highest BCUT2D eigenvalue weighted by molar-refractivity contribution is 6.31. The molecule has 35 heavy (non-hydrogen) atoms. The van der Waals surface area contributed by atoms with E-state index >= 15 is 0 Å². The number of aryl methyl sites for hydroxylation is 1. The SMILES string of the molecule is Cc1ccc(NC(=O)[C@@H](OC(=O)c2ccc(Cl)cc2)[C@@H](OC(=O)c2ccc(Cl)cc2)C(=O)O)cc1. The molecule has 0 fully saturated rings. The van der Waals surface area contributed by atoms with Crippen molar-refractivity contribution in [1.29, 1.82) is 0 Å². The molecule has 10 heteroatoms. The van der Waals surface area contributed by atoms with Gasteiger partial charge in [-0.15, -0.1) is 0 Å². The van der Waals surface area contributed by atoms with E-state index in [0.717, 1.165) is 5.56 Å². The first-order valence-corrected chi connectivity index (χ1v) is 10.9. The van der Waals surface area contributed by atoms with Gasteiger partial charge in [0.1, 0.15) is 0 Å². The fourth-order valence-electron chi connectivity index (χ4n) is 2.88. The van der Waals surface area contributed by atoms with Crippen LogP contribution in [-0.4, -0.2) is 41.1 Å². The molecule has 0 aliphatic heterocycles. The van der Waals surface area contributed by atoms with Crippen LogP contribution >= 0.6 is 23.2 Å². The molecule has 0 bridgehead atoms. The van der Waals surface area contributed by atoms with E-state index in [1.54, 1.807) is 24.3 Å². The molecule has 2 atom stereocenters. The summed E-state index contributed by atoms with van der Waals surface area (Å²) in [5.74, 6) is -4.77. The van der Waals surface area contributed by atoms with Crippen LogP contribution in [0.2, 0.25) is 10.0 Å². The summed E-state index contributed by atoms with van der Waals surface area (Å²) in [5, 5.41) is 13.0. The van der Waals surface area contributed by atoms with E-state index in [9.17, 15) is 24.3 Å². The maximum atomic E-state index is 13.0. The van der Waals surface area contributed by atoms with Crippen LogP contribution in [0.5, 0.6) is 0 Å². The molecule has 1 amide bonds. The largest absolute Gasteiger partial charge is 0.478 e. The molecule has 0 spiro atoms. The third kappa shape index (κ3) is 7.05. The number of esters is 2. The number of hydrogen-bond donors (Lipinski definition) is 2. The van der Waals surface area contributed by atoms with E-state index in [-0.39, 0.29) is 11.1 Å². The van der Waals surface area contributed by atoms with E-state index in [1.165, 1.54) is 48.5 Å². The fourth-order valence-corrected chi connectivity index (χ4v) is 3.14. The lowest BCUT2D eigenvalue weighted by Gasteiger charge is -2.23. The van der Waals surface area contributed by atoms with Crippen molar-refractivity contribution in [2.75, 3.05) is 5.32 Å². The number of carboxylic acid groups (broad SMARTS) is 1. The fraction of sp³-hybridized carbons (Fsp3) is 0.120. The Hall–Kier alpha value is -3.88. The predicted molar refractivity (Wildman–Crippen MR) is 129 cm³/mol. The smallest absolute Gasteiger partial charge is 0.349 e. The van der Waals surface area contributed by atoms with E-state index in [2.05, 4.69) is 5.32 Å². The first-order valence-electron chi connectivity index (χ1n) is 10.2. The first kappa shape index (κ1) is 25.7. The van der Waals surface area contributed by atoms with Gasteiger partial charge in [-0.1, -0.05) is 40.9 Å². The first-order chi connectivity index (χ1) is 16.6. The van der Waals surface area contributed by atoms with Gasteiger partial charge < -0.3 is 19.9 Å². The second-order valence-electron chi connectivity index (χ2n) is 7.36. The number of carboxylic acids is 1.